The van der Waals surface area contributed by atoms with Gasteiger partial charge >= 0.3 is 5.97 Å². The Morgan fingerprint density at radius 3 is 1.97 bits per heavy atom. The van der Waals surface area contributed by atoms with Gasteiger partial charge in [-0.25, -0.2) is 4.98 Å². The molecule has 0 spiro atoms. The fourth-order valence-corrected chi connectivity index (χ4v) is 9.11. The van der Waals surface area contributed by atoms with E-state index in [1.54, 1.807) is 36.2 Å². The molecule has 0 aliphatic carbocycles. The standard InChI is InChI=1S/C59H75N7O11/c1-4-47(5-2)66(34-33-64(3)52(70)29-30-53(71)77-39-42-13-8-6-9-14-42)37-43-15-12-16-45(35-43)58(75)62-48-27-28-51(65-31-10-7-11-32-65)63-54(48)59(76)61-46-25-21-41(22-26-46)18-17-40-19-23-44(24-20-40)57(74)60-36-49(68)55(72)56(73)50(69)38-67/h6,8-9,12-16,19-28,35,47,49-50,55-56,67-69,72-73H,4-5,7,10-11,17-18,29-34,36-39H2,1-3H3,(H,60,74)(H,61,76)(H,62,75)/t49-,50+,55+,56+/m0/s1. The van der Waals surface area contributed by atoms with E-state index in [4.69, 9.17) is 14.8 Å². The number of benzene rings is 4. The summed E-state index contributed by atoms with van der Waals surface area (Å²) in [6.45, 7) is 6.41. The van der Waals surface area contributed by atoms with Gasteiger partial charge in [0, 0.05) is 75.6 Å². The van der Waals surface area contributed by atoms with Crippen LogP contribution < -0.4 is 20.9 Å². The van der Waals surface area contributed by atoms with Crippen molar-refractivity contribution < 1.29 is 54.2 Å². The van der Waals surface area contributed by atoms with E-state index in [0.717, 1.165) is 67.4 Å². The number of amides is 4. The number of hydrogen-bond acceptors (Lipinski definition) is 14. The highest BCUT2D eigenvalue weighted by Crippen LogP contribution is 2.25. The van der Waals surface area contributed by atoms with Crippen molar-refractivity contribution in [1.29, 1.82) is 0 Å². The van der Waals surface area contributed by atoms with Crippen LogP contribution in [0.1, 0.15) is 112 Å². The Labute approximate surface area is 451 Å². The third kappa shape index (κ3) is 18.0. The highest BCUT2D eigenvalue weighted by atomic mass is 16.5. The van der Waals surface area contributed by atoms with Gasteiger partial charge in [-0.2, -0.15) is 0 Å². The molecule has 1 fully saturated rings. The second-order valence-electron chi connectivity index (χ2n) is 19.5. The maximum atomic E-state index is 14.1. The number of aromatic nitrogens is 1. The van der Waals surface area contributed by atoms with E-state index in [0.29, 0.717) is 55.1 Å². The van der Waals surface area contributed by atoms with Crippen molar-refractivity contribution in [2.75, 3.05) is 61.9 Å². The van der Waals surface area contributed by atoms with Crippen molar-refractivity contribution in [3.8, 4) is 0 Å². The number of carbonyl (C=O) groups excluding carboxylic acids is 5. The molecule has 0 bridgehead atoms. The Balaban J connectivity index is 1.04. The molecule has 0 saturated carbocycles. The molecule has 5 aromatic rings. The molecule has 18 heteroatoms. The molecule has 77 heavy (non-hydrogen) atoms. The lowest BCUT2D eigenvalue weighted by Gasteiger charge is -2.32. The number of aliphatic hydroxyl groups is 5. The zero-order valence-corrected chi connectivity index (χ0v) is 44.4. The Kier molecular flexibility index (Phi) is 23.1. The minimum atomic E-state index is -1.79. The van der Waals surface area contributed by atoms with Crippen LogP contribution in [0.3, 0.4) is 0 Å². The molecule has 18 nitrogen and oxygen atoms in total. The number of anilines is 3. The molecular formula is C59H75N7O11. The lowest BCUT2D eigenvalue weighted by molar-refractivity contribution is -0.147. The van der Waals surface area contributed by atoms with E-state index >= 15 is 0 Å². The molecule has 8 N–H and O–H groups in total. The van der Waals surface area contributed by atoms with Gasteiger partial charge in [0.25, 0.3) is 17.7 Å². The molecule has 4 atom stereocenters. The summed E-state index contributed by atoms with van der Waals surface area (Å²) < 4.78 is 5.36. The predicted octanol–water partition coefficient (Wildman–Crippen LogP) is 5.50. The largest absolute Gasteiger partial charge is 0.461 e. The van der Waals surface area contributed by atoms with Gasteiger partial charge in [0.1, 0.15) is 30.7 Å². The Hall–Kier alpha value is -7.06. The third-order valence-corrected chi connectivity index (χ3v) is 13.9. The number of likely N-dealkylation sites (N-methyl/N-ethyl adjacent to an activating group) is 1. The van der Waals surface area contributed by atoms with Gasteiger partial charge < -0.3 is 56.0 Å². The molecule has 412 valence electrons. The molecule has 4 amide bonds. The van der Waals surface area contributed by atoms with Crippen molar-refractivity contribution in [2.45, 2.75) is 115 Å². The second-order valence-corrected chi connectivity index (χ2v) is 19.5. The van der Waals surface area contributed by atoms with E-state index in [1.165, 1.54) is 0 Å². The molecular weight excluding hydrogens is 983 g/mol. The second kappa shape index (κ2) is 30.0. The number of nitrogens with one attached hydrogen (secondary N) is 3. The van der Waals surface area contributed by atoms with Crippen LogP contribution in [0.4, 0.5) is 17.2 Å². The normalized spacial score (nSPS) is 14.1. The van der Waals surface area contributed by atoms with Gasteiger partial charge in [-0.1, -0.05) is 80.6 Å². The fraction of sp³-hybridized carbons (Fsp3) is 0.424. The van der Waals surface area contributed by atoms with E-state index in [2.05, 4.69) is 39.6 Å². The number of aliphatic hydroxyl groups excluding tert-OH is 5. The van der Waals surface area contributed by atoms with Crippen LogP contribution >= 0.6 is 0 Å². The smallest absolute Gasteiger partial charge is 0.306 e. The monoisotopic (exact) mass is 1060 g/mol. The van der Waals surface area contributed by atoms with E-state index < -0.39 is 61.3 Å². The lowest BCUT2D eigenvalue weighted by atomic mass is 10.0. The summed E-state index contributed by atoms with van der Waals surface area (Å²) in [6.07, 6.45) is -0.530. The van der Waals surface area contributed by atoms with Gasteiger partial charge in [-0.15, -0.1) is 0 Å². The molecule has 2 heterocycles. The number of aryl methyl sites for hydroxylation is 2. The van der Waals surface area contributed by atoms with Gasteiger partial charge in [0.15, 0.2) is 5.69 Å². The minimum absolute atomic E-state index is 0.00296. The van der Waals surface area contributed by atoms with Crippen LogP contribution in [0, 0.1) is 0 Å². The van der Waals surface area contributed by atoms with Crippen LogP contribution in [0.5, 0.6) is 0 Å². The molecule has 4 aromatic carbocycles. The molecule has 1 aliphatic rings. The molecule has 1 saturated heterocycles. The SMILES string of the molecule is CCC(CC)N(CCN(C)C(=O)CCC(=O)OCc1ccccc1)Cc1cccc(C(=O)Nc2ccc(N3CCCCC3)nc2C(=O)Nc2ccc(CCc3ccc(C(=O)NC[C@H](O)[C@@H](O)[C@H](O)[C@H](O)CO)cc3)cc2)c1. The lowest BCUT2D eigenvalue weighted by Crippen LogP contribution is -2.49. The average Bonchev–Trinajstić information content (AvgIpc) is 3.46. The number of nitrogens with zero attached hydrogens (tertiary/aromatic N) is 4. The number of piperidine rings is 1. The number of carbonyl (C=O) groups is 5. The maximum absolute atomic E-state index is 14.1. The first-order chi connectivity index (χ1) is 37.1. The topological polar surface area (TPSA) is 254 Å². The third-order valence-electron chi connectivity index (χ3n) is 13.9. The van der Waals surface area contributed by atoms with Crippen molar-refractivity contribution in [1.82, 2.24) is 20.1 Å². The zero-order chi connectivity index (χ0) is 55.3. The highest BCUT2D eigenvalue weighted by Gasteiger charge is 2.30. The highest BCUT2D eigenvalue weighted by molar-refractivity contribution is 6.11. The van der Waals surface area contributed by atoms with Gasteiger partial charge in [0.05, 0.1) is 24.8 Å². The minimum Gasteiger partial charge on any atom is -0.461 e. The van der Waals surface area contributed by atoms with Crippen LogP contribution in [-0.2, 0) is 40.3 Å². The average molecular weight is 1060 g/mol. The van der Waals surface area contributed by atoms with Crippen molar-refractivity contribution in [3.05, 3.63) is 154 Å². The van der Waals surface area contributed by atoms with Crippen LogP contribution in [0.15, 0.2) is 115 Å². The van der Waals surface area contributed by atoms with E-state index in [1.807, 2.05) is 91.0 Å². The number of ether oxygens (including phenoxy) is 1. The Bertz CT molecular complexity index is 2680. The van der Waals surface area contributed by atoms with Crippen molar-refractivity contribution >= 4 is 46.8 Å². The van der Waals surface area contributed by atoms with Gasteiger partial charge in [0.2, 0.25) is 5.91 Å². The summed E-state index contributed by atoms with van der Waals surface area (Å²) >= 11 is 0. The first kappa shape index (κ1) is 59.2. The zero-order valence-electron chi connectivity index (χ0n) is 44.4. The molecule has 0 radical (unpaired) electrons. The number of rotatable bonds is 28. The predicted molar refractivity (Wildman–Crippen MR) is 294 cm³/mol. The Morgan fingerprint density at radius 1 is 0.662 bits per heavy atom. The van der Waals surface area contributed by atoms with Gasteiger partial charge in [-0.05, 0) is 116 Å². The summed E-state index contributed by atoms with van der Waals surface area (Å²) in [5.74, 6) is -1.31. The summed E-state index contributed by atoms with van der Waals surface area (Å²) in [6, 6.07) is 34.9. The van der Waals surface area contributed by atoms with Crippen molar-refractivity contribution in [2.24, 2.45) is 0 Å². The summed E-state index contributed by atoms with van der Waals surface area (Å²) in [4.78, 5) is 77.3. The summed E-state index contributed by atoms with van der Waals surface area (Å²) in [5.41, 5.74) is 5.36. The van der Waals surface area contributed by atoms with Crippen LogP contribution in [0.2, 0.25) is 0 Å². The van der Waals surface area contributed by atoms with Crippen molar-refractivity contribution in [3.63, 3.8) is 0 Å². The molecule has 6 rings (SSSR count). The maximum Gasteiger partial charge on any atom is 0.306 e. The molecule has 1 aromatic heterocycles. The fourth-order valence-electron chi connectivity index (χ4n) is 9.11. The Morgan fingerprint density at radius 2 is 1.31 bits per heavy atom. The van der Waals surface area contributed by atoms with E-state index in [9.17, 15) is 44.4 Å². The first-order valence-electron chi connectivity index (χ1n) is 26.6. The van der Waals surface area contributed by atoms with Gasteiger partial charge in [-0.3, -0.25) is 28.9 Å². The molecule has 0 unspecified atom stereocenters. The first-order valence-corrected chi connectivity index (χ1v) is 26.6. The quantitative estimate of drug-likeness (QED) is 0.0288. The van der Waals surface area contributed by atoms with E-state index in [-0.39, 0.29) is 42.8 Å². The summed E-state index contributed by atoms with van der Waals surface area (Å²) in [5, 5.41) is 56.9. The number of pyridine rings is 1. The number of hydrogen-bond donors (Lipinski definition) is 8. The summed E-state index contributed by atoms with van der Waals surface area (Å²) in [7, 11) is 1.74. The number of esters is 1. The van der Waals surface area contributed by atoms with Crippen LogP contribution in [0.25, 0.3) is 0 Å². The molecule has 1 aliphatic heterocycles. The van der Waals surface area contributed by atoms with Crippen LogP contribution in [-0.4, -0.2) is 147 Å².